The van der Waals surface area contributed by atoms with Crippen LogP contribution in [-0.4, -0.2) is 16.1 Å². The minimum atomic E-state index is -1.05. The minimum Gasteiger partial charge on any atom is -0.475 e. The minimum absolute atomic E-state index is 0.0317. The summed E-state index contributed by atoms with van der Waals surface area (Å²) in [5.41, 5.74) is 2.83. The molecule has 0 fully saturated rings. The number of rotatable bonds is 5. The Labute approximate surface area is 102 Å². The Morgan fingerprint density at radius 2 is 2.35 bits per heavy atom. The summed E-state index contributed by atoms with van der Waals surface area (Å²) >= 11 is 1.60. The summed E-state index contributed by atoms with van der Waals surface area (Å²) in [6.45, 7) is 3.17. The van der Waals surface area contributed by atoms with Crippen LogP contribution in [0, 0.1) is 6.92 Å². The largest absolute Gasteiger partial charge is 0.475 e. The van der Waals surface area contributed by atoms with Crippen LogP contribution in [0.15, 0.2) is 22.1 Å². The maximum absolute atomic E-state index is 10.6. The van der Waals surface area contributed by atoms with E-state index in [1.807, 2.05) is 12.4 Å². The van der Waals surface area contributed by atoms with Crippen LogP contribution in [0.4, 0.5) is 0 Å². The van der Waals surface area contributed by atoms with Gasteiger partial charge in [-0.15, -0.1) is 11.3 Å². The predicted octanol–water partition coefficient (Wildman–Crippen LogP) is 2.03. The molecule has 0 aliphatic carbocycles. The summed E-state index contributed by atoms with van der Waals surface area (Å²) < 4.78 is 5.12. The molecule has 0 amide bonds. The fourth-order valence-corrected chi connectivity index (χ4v) is 2.13. The van der Waals surface area contributed by atoms with Gasteiger partial charge in [0.25, 0.3) is 0 Å². The van der Waals surface area contributed by atoms with E-state index >= 15 is 0 Å². The molecule has 2 aromatic rings. The van der Waals surface area contributed by atoms with Crippen LogP contribution in [0.1, 0.15) is 26.9 Å². The molecule has 2 rings (SSSR count). The van der Waals surface area contributed by atoms with Crippen molar-refractivity contribution in [3.8, 4) is 0 Å². The number of thiazole rings is 1. The van der Waals surface area contributed by atoms with Crippen molar-refractivity contribution in [2.24, 2.45) is 0 Å². The van der Waals surface area contributed by atoms with Crippen molar-refractivity contribution in [3.05, 3.63) is 39.7 Å². The van der Waals surface area contributed by atoms with Crippen LogP contribution in [-0.2, 0) is 13.1 Å². The molecule has 2 N–H and O–H groups in total. The number of nitrogens with zero attached hydrogens (tertiary/aromatic N) is 1. The van der Waals surface area contributed by atoms with Gasteiger partial charge in [-0.1, -0.05) is 0 Å². The van der Waals surface area contributed by atoms with Gasteiger partial charge >= 0.3 is 5.97 Å². The second kappa shape index (κ2) is 5.11. The van der Waals surface area contributed by atoms with Crippen LogP contribution in [0.5, 0.6) is 0 Å². The van der Waals surface area contributed by atoms with E-state index in [1.165, 1.54) is 10.9 Å². The number of hydrogen-bond acceptors (Lipinski definition) is 5. The number of carboxylic acid groups (broad SMARTS) is 1. The Hall–Kier alpha value is -1.66. The van der Waals surface area contributed by atoms with Crippen LogP contribution in [0.3, 0.4) is 0 Å². The average molecular weight is 252 g/mol. The lowest BCUT2D eigenvalue weighted by Gasteiger charge is -2.00. The second-order valence-electron chi connectivity index (χ2n) is 3.54. The molecular formula is C11H12N2O3S. The molecule has 90 valence electrons. The maximum atomic E-state index is 10.6. The van der Waals surface area contributed by atoms with Crippen LogP contribution in [0.25, 0.3) is 0 Å². The van der Waals surface area contributed by atoms with Gasteiger partial charge in [-0.3, -0.25) is 0 Å². The van der Waals surface area contributed by atoms with Crippen molar-refractivity contribution in [2.75, 3.05) is 0 Å². The highest BCUT2D eigenvalue weighted by atomic mass is 32.1. The number of carbonyl (C=O) groups is 1. The first-order valence-corrected chi connectivity index (χ1v) is 5.96. The molecule has 2 heterocycles. The SMILES string of the molecule is Cc1ncsc1CNCc1ccc(C(=O)O)o1. The first-order chi connectivity index (χ1) is 8.16. The van der Waals surface area contributed by atoms with Crippen molar-refractivity contribution < 1.29 is 14.3 Å². The standard InChI is InChI=1S/C11H12N2O3S/c1-7-10(17-6-13-7)5-12-4-8-2-3-9(16-8)11(14)15/h2-3,6,12H,4-5H2,1H3,(H,14,15). The van der Waals surface area contributed by atoms with E-state index in [-0.39, 0.29) is 5.76 Å². The number of nitrogens with one attached hydrogen (secondary N) is 1. The topological polar surface area (TPSA) is 75.4 Å². The van der Waals surface area contributed by atoms with E-state index in [9.17, 15) is 4.79 Å². The second-order valence-corrected chi connectivity index (χ2v) is 4.47. The lowest BCUT2D eigenvalue weighted by Crippen LogP contribution is -2.11. The van der Waals surface area contributed by atoms with E-state index < -0.39 is 5.97 Å². The zero-order valence-corrected chi connectivity index (χ0v) is 10.1. The molecule has 2 aromatic heterocycles. The molecule has 0 saturated carbocycles. The van der Waals surface area contributed by atoms with Gasteiger partial charge in [-0.25, -0.2) is 9.78 Å². The number of aryl methyl sites for hydroxylation is 1. The number of aromatic nitrogens is 1. The maximum Gasteiger partial charge on any atom is 0.371 e. The zero-order chi connectivity index (χ0) is 12.3. The van der Waals surface area contributed by atoms with Crippen molar-refractivity contribution in [1.82, 2.24) is 10.3 Å². The fourth-order valence-electron chi connectivity index (χ4n) is 1.38. The van der Waals surface area contributed by atoms with Crippen LogP contribution in [0.2, 0.25) is 0 Å². The molecule has 0 spiro atoms. The Balaban J connectivity index is 1.86. The summed E-state index contributed by atoms with van der Waals surface area (Å²) in [4.78, 5) is 15.9. The average Bonchev–Trinajstić information content (AvgIpc) is 2.89. The summed E-state index contributed by atoms with van der Waals surface area (Å²) in [5, 5.41) is 11.9. The molecule has 0 aromatic carbocycles. The van der Waals surface area contributed by atoms with Gasteiger partial charge in [0.2, 0.25) is 5.76 Å². The fraction of sp³-hybridized carbons (Fsp3) is 0.273. The van der Waals surface area contributed by atoms with Gasteiger partial charge in [0.1, 0.15) is 5.76 Å². The van der Waals surface area contributed by atoms with E-state index in [1.54, 1.807) is 17.4 Å². The molecule has 0 bridgehead atoms. The molecule has 0 saturated heterocycles. The van der Waals surface area contributed by atoms with Gasteiger partial charge < -0.3 is 14.8 Å². The normalized spacial score (nSPS) is 10.6. The number of carboxylic acids is 1. The van der Waals surface area contributed by atoms with Crippen molar-refractivity contribution >= 4 is 17.3 Å². The number of furan rings is 1. The molecular weight excluding hydrogens is 240 g/mol. The van der Waals surface area contributed by atoms with Crippen molar-refractivity contribution in [3.63, 3.8) is 0 Å². The summed E-state index contributed by atoms with van der Waals surface area (Å²) in [7, 11) is 0. The lowest BCUT2D eigenvalue weighted by molar-refractivity contribution is 0.0660. The Morgan fingerprint density at radius 3 is 2.94 bits per heavy atom. The molecule has 17 heavy (non-hydrogen) atoms. The molecule has 5 nitrogen and oxygen atoms in total. The summed E-state index contributed by atoms with van der Waals surface area (Å²) in [6, 6.07) is 3.12. The number of aromatic carboxylic acids is 1. The van der Waals surface area contributed by atoms with Crippen LogP contribution < -0.4 is 5.32 Å². The monoisotopic (exact) mass is 252 g/mol. The smallest absolute Gasteiger partial charge is 0.371 e. The third-order valence-electron chi connectivity index (χ3n) is 2.30. The first kappa shape index (κ1) is 11.8. The predicted molar refractivity (Wildman–Crippen MR) is 63.1 cm³/mol. The Kier molecular flexibility index (Phi) is 3.55. The van der Waals surface area contributed by atoms with Crippen LogP contribution >= 0.6 is 11.3 Å². The van der Waals surface area contributed by atoms with Gasteiger partial charge in [-0.2, -0.15) is 0 Å². The van der Waals surface area contributed by atoms with Gasteiger partial charge in [0.05, 0.1) is 17.7 Å². The highest BCUT2D eigenvalue weighted by Crippen LogP contribution is 2.12. The molecule has 0 aliphatic rings. The van der Waals surface area contributed by atoms with E-state index in [0.29, 0.717) is 18.8 Å². The van der Waals surface area contributed by atoms with Crippen molar-refractivity contribution in [2.45, 2.75) is 20.0 Å². The quantitative estimate of drug-likeness (QED) is 0.851. The highest BCUT2D eigenvalue weighted by molar-refractivity contribution is 7.09. The Bertz CT molecular complexity index is 518. The molecule has 0 unspecified atom stereocenters. The Morgan fingerprint density at radius 1 is 1.53 bits per heavy atom. The molecule has 0 aliphatic heterocycles. The summed E-state index contributed by atoms with van der Waals surface area (Å²) in [5.74, 6) is -0.463. The van der Waals surface area contributed by atoms with E-state index in [2.05, 4.69) is 10.3 Å². The highest BCUT2D eigenvalue weighted by Gasteiger charge is 2.08. The lowest BCUT2D eigenvalue weighted by atomic mass is 10.3. The zero-order valence-electron chi connectivity index (χ0n) is 9.27. The molecule has 0 atom stereocenters. The van der Waals surface area contributed by atoms with Crippen molar-refractivity contribution in [1.29, 1.82) is 0 Å². The molecule has 0 radical (unpaired) electrons. The van der Waals surface area contributed by atoms with E-state index in [0.717, 1.165) is 5.69 Å². The summed E-state index contributed by atoms with van der Waals surface area (Å²) in [6.07, 6.45) is 0. The van der Waals surface area contributed by atoms with Gasteiger partial charge in [0.15, 0.2) is 0 Å². The van der Waals surface area contributed by atoms with Gasteiger partial charge in [0, 0.05) is 11.4 Å². The third kappa shape index (κ3) is 2.92. The first-order valence-electron chi connectivity index (χ1n) is 5.08. The molecule has 6 heteroatoms. The van der Waals surface area contributed by atoms with E-state index in [4.69, 9.17) is 9.52 Å². The van der Waals surface area contributed by atoms with Gasteiger partial charge in [-0.05, 0) is 19.1 Å². The third-order valence-corrected chi connectivity index (χ3v) is 3.24. The number of hydrogen-bond donors (Lipinski definition) is 2.